The second-order valence-corrected chi connectivity index (χ2v) is 8.15. The van der Waals surface area contributed by atoms with Crippen LogP contribution in [0.15, 0.2) is 48.5 Å². The van der Waals surface area contributed by atoms with Gasteiger partial charge in [-0.3, -0.25) is 4.90 Å². The molecule has 158 valence electrons. The Hall–Kier alpha value is -2.70. The third-order valence-electron chi connectivity index (χ3n) is 5.74. The fourth-order valence-corrected chi connectivity index (χ4v) is 3.77. The lowest BCUT2D eigenvalue weighted by molar-refractivity contribution is 0.158. The molecule has 30 heavy (non-hydrogen) atoms. The smallest absolute Gasteiger partial charge is 0.225 e. The van der Waals surface area contributed by atoms with E-state index in [1.807, 2.05) is 18.2 Å². The SMILES string of the molecule is Cc1ccc(CCNc2nc(NCCN3CCN(C)CC3)c3ccccc3n2)cc1. The van der Waals surface area contributed by atoms with Crippen LogP contribution in [0, 0.1) is 6.92 Å². The number of para-hydroxylation sites is 1. The fourth-order valence-electron chi connectivity index (χ4n) is 3.77. The van der Waals surface area contributed by atoms with Crippen molar-refractivity contribution >= 4 is 22.7 Å². The number of rotatable bonds is 8. The highest BCUT2D eigenvalue weighted by atomic mass is 15.3. The number of likely N-dealkylation sites (N-methyl/N-ethyl adjacent to an activating group) is 1. The molecule has 1 aliphatic heterocycles. The van der Waals surface area contributed by atoms with Crippen LogP contribution in [-0.4, -0.2) is 72.6 Å². The molecule has 0 spiro atoms. The van der Waals surface area contributed by atoms with Crippen LogP contribution in [-0.2, 0) is 6.42 Å². The normalized spacial score (nSPS) is 15.4. The maximum atomic E-state index is 4.78. The number of benzene rings is 2. The van der Waals surface area contributed by atoms with E-state index >= 15 is 0 Å². The van der Waals surface area contributed by atoms with Crippen LogP contribution < -0.4 is 10.6 Å². The molecule has 2 aromatic carbocycles. The van der Waals surface area contributed by atoms with E-state index in [1.54, 1.807) is 0 Å². The van der Waals surface area contributed by atoms with Gasteiger partial charge in [0.15, 0.2) is 0 Å². The molecule has 0 amide bonds. The summed E-state index contributed by atoms with van der Waals surface area (Å²) in [5, 5.41) is 8.03. The lowest BCUT2D eigenvalue weighted by atomic mass is 10.1. The number of hydrogen-bond donors (Lipinski definition) is 2. The van der Waals surface area contributed by atoms with Gasteiger partial charge in [0.05, 0.1) is 5.52 Å². The number of anilines is 2. The summed E-state index contributed by atoms with van der Waals surface area (Å²) in [6.45, 7) is 9.39. The van der Waals surface area contributed by atoms with Gasteiger partial charge < -0.3 is 15.5 Å². The summed E-state index contributed by atoms with van der Waals surface area (Å²) in [4.78, 5) is 14.4. The first kappa shape index (κ1) is 20.6. The molecule has 0 saturated carbocycles. The first-order chi connectivity index (χ1) is 14.7. The van der Waals surface area contributed by atoms with E-state index < -0.39 is 0 Å². The van der Waals surface area contributed by atoms with Gasteiger partial charge in [-0.15, -0.1) is 0 Å². The van der Waals surface area contributed by atoms with Crippen molar-refractivity contribution < 1.29 is 0 Å². The number of fused-ring (bicyclic) bond motifs is 1. The summed E-state index contributed by atoms with van der Waals surface area (Å²) in [7, 11) is 2.19. The molecule has 6 heteroatoms. The minimum atomic E-state index is 0.683. The van der Waals surface area contributed by atoms with Crippen molar-refractivity contribution in [3.8, 4) is 0 Å². The second kappa shape index (κ2) is 9.87. The van der Waals surface area contributed by atoms with E-state index in [9.17, 15) is 0 Å². The maximum Gasteiger partial charge on any atom is 0.225 e. The van der Waals surface area contributed by atoms with Gasteiger partial charge in [-0.25, -0.2) is 4.98 Å². The van der Waals surface area contributed by atoms with Crippen LogP contribution in [0.4, 0.5) is 11.8 Å². The highest BCUT2D eigenvalue weighted by Crippen LogP contribution is 2.21. The van der Waals surface area contributed by atoms with Gasteiger partial charge in [-0.1, -0.05) is 42.0 Å². The van der Waals surface area contributed by atoms with Crippen molar-refractivity contribution in [3.63, 3.8) is 0 Å². The molecular weight excluding hydrogens is 372 g/mol. The molecule has 4 rings (SSSR count). The minimum Gasteiger partial charge on any atom is -0.368 e. The highest BCUT2D eigenvalue weighted by Gasteiger charge is 2.13. The molecule has 1 aromatic heterocycles. The van der Waals surface area contributed by atoms with Crippen LogP contribution in [0.1, 0.15) is 11.1 Å². The number of hydrogen-bond acceptors (Lipinski definition) is 6. The molecule has 6 nitrogen and oxygen atoms in total. The van der Waals surface area contributed by atoms with Crippen LogP contribution in [0.25, 0.3) is 10.9 Å². The summed E-state index contributed by atoms with van der Waals surface area (Å²) in [5.41, 5.74) is 3.57. The second-order valence-electron chi connectivity index (χ2n) is 8.15. The molecule has 0 unspecified atom stereocenters. The van der Waals surface area contributed by atoms with E-state index in [0.717, 1.165) is 69.0 Å². The third kappa shape index (κ3) is 5.46. The average Bonchev–Trinajstić information content (AvgIpc) is 2.76. The molecular formula is C24H32N6. The standard InChI is InChI=1S/C24H32N6/c1-19-7-9-20(10-8-19)11-12-26-24-27-22-6-4-3-5-21(22)23(28-24)25-13-14-30-17-15-29(2)16-18-30/h3-10H,11-18H2,1-2H3,(H2,25,26,27,28). The lowest BCUT2D eigenvalue weighted by Crippen LogP contribution is -2.45. The first-order valence-corrected chi connectivity index (χ1v) is 10.9. The number of piperazine rings is 1. The van der Waals surface area contributed by atoms with Crippen molar-refractivity contribution in [3.05, 3.63) is 59.7 Å². The third-order valence-corrected chi connectivity index (χ3v) is 5.74. The highest BCUT2D eigenvalue weighted by molar-refractivity contribution is 5.90. The minimum absolute atomic E-state index is 0.683. The molecule has 0 radical (unpaired) electrons. The summed E-state index contributed by atoms with van der Waals surface area (Å²) >= 11 is 0. The maximum absolute atomic E-state index is 4.78. The first-order valence-electron chi connectivity index (χ1n) is 10.9. The Balaban J connectivity index is 1.38. The molecule has 2 N–H and O–H groups in total. The Morgan fingerprint density at radius 2 is 1.63 bits per heavy atom. The molecule has 0 atom stereocenters. The monoisotopic (exact) mass is 404 g/mol. The zero-order valence-corrected chi connectivity index (χ0v) is 18.1. The lowest BCUT2D eigenvalue weighted by Gasteiger charge is -2.32. The predicted molar refractivity (Wildman–Crippen MR) is 125 cm³/mol. The summed E-state index contributed by atoms with van der Waals surface area (Å²) in [6, 6.07) is 16.9. The molecule has 2 heterocycles. The average molecular weight is 405 g/mol. The predicted octanol–water partition coefficient (Wildman–Crippen LogP) is 3.25. The quantitative estimate of drug-likeness (QED) is 0.601. The van der Waals surface area contributed by atoms with Gasteiger partial charge in [0.25, 0.3) is 0 Å². The zero-order valence-electron chi connectivity index (χ0n) is 18.1. The van der Waals surface area contributed by atoms with Crippen molar-refractivity contribution in [2.45, 2.75) is 13.3 Å². The Morgan fingerprint density at radius 3 is 2.43 bits per heavy atom. The van der Waals surface area contributed by atoms with E-state index in [1.165, 1.54) is 11.1 Å². The van der Waals surface area contributed by atoms with Crippen molar-refractivity contribution in [2.75, 3.05) is 63.5 Å². The van der Waals surface area contributed by atoms with E-state index in [-0.39, 0.29) is 0 Å². The van der Waals surface area contributed by atoms with E-state index in [0.29, 0.717) is 5.95 Å². The van der Waals surface area contributed by atoms with Gasteiger partial charge in [0, 0.05) is 51.2 Å². The fraction of sp³-hybridized carbons (Fsp3) is 0.417. The number of aromatic nitrogens is 2. The zero-order chi connectivity index (χ0) is 20.8. The van der Waals surface area contributed by atoms with Crippen molar-refractivity contribution in [2.24, 2.45) is 0 Å². The number of nitrogens with one attached hydrogen (secondary N) is 2. The van der Waals surface area contributed by atoms with Crippen molar-refractivity contribution in [1.29, 1.82) is 0 Å². The Labute approximate surface area is 179 Å². The molecule has 1 saturated heterocycles. The van der Waals surface area contributed by atoms with Gasteiger partial charge in [-0.05, 0) is 38.1 Å². The largest absolute Gasteiger partial charge is 0.368 e. The summed E-state index contributed by atoms with van der Waals surface area (Å²) in [5.74, 6) is 1.59. The molecule has 1 aliphatic rings. The molecule has 0 aliphatic carbocycles. The van der Waals surface area contributed by atoms with Gasteiger partial charge in [0.1, 0.15) is 5.82 Å². The summed E-state index contributed by atoms with van der Waals surface area (Å²) in [6.07, 6.45) is 0.947. The number of nitrogens with zero attached hydrogens (tertiary/aromatic N) is 4. The molecule has 3 aromatic rings. The molecule has 1 fully saturated rings. The Kier molecular flexibility index (Phi) is 6.77. The molecule has 0 bridgehead atoms. The van der Waals surface area contributed by atoms with Crippen LogP contribution in [0.5, 0.6) is 0 Å². The summed E-state index contributed by atoms with van der Waals surface area (Å²) < 4.78 is 0. The van der Waals surface area contributed by atoms with Gasteiger partial charge in [0.2, 0.25) is 5.95 Å². The Morgan fingerprint density at radius 1 is 0.867 bits per heavy atom. The van der Waals surface area contributed by atoms with Crippen LogP contribution in [0.2, 0.25) is 0 Å². The Bertz CT molecular complexity index is 948. The van der Waals surface area contributed by atoms with Crippen LogP contribution >= 0.6 is 0 Å². The van der Waals surface area contributed by atoms with Crippen molar-refractivity contribution in [1.82, 2.24) is 19.8 Å². The van der Waals surface area contributed by atoms with E-state index in [2.05, 4.69) is 64.7 Å². The van der Waals surface area contributed by atoms with E-state index in [4.69, 9.17) is 9.97 Å². The topological polar surface area (TPSA) is 56.3 Å². The van der Waals surface area contributed by atoms with Crippen LogP contribution in [0.3, 0.4) is 0 Å². The van der Waals surface area contributed by atoms with Gasteiger partial charge in [-0.2, -0.15) is 4.98 Å². The van der Waals surface area contributed by atoms with Gasteiger partial charge >= 0.3 is 0 Å². The number of aryl methyl sites for hydroxylation is 1.